The maximum Gasteiger partial charge on any atom is 0.117 e. The average Bonchev–Trinajstić information content (AvgIpc) is 3.21. The molecule has 4 rings (SSSR count). The van der Waals surface area contributed by atoms with E-state index >= 15 is 0 Å². The van der Waals surface area contributed by atoms with Crippen molar-refractivity contribution < 1.29 is 12.4 Å². The molecule has 0 saturated carbocycles. The van der Waals surface area contributed by atoms with Crippen LogP contribution in [0.5, 0.6) is 0 Å². The van der Waals surface area contributed by atoms with Crippen LogP contribution in [0.3, 0.4) is 0 Å². The van der Waals surface area contributed by atoms with Crippen molar-refractivity contribution in [3.63, 3.8) is 0 Å². The second-order valence-corrected chi connectivity index (χ2v) is 10.4. The monoisotopic (exact) mass is 395 g/mol. The molecule has 3 aromatic carbocycles. The molecule has 1 nitrogen and oxygen atoms in total. The minimum absolute atomic E-state index is 0. The quantitative estimate of drug-likeness (QED) is 0.468. The van der Waals surface area contributed by atoms with Gasteiger partial charge in [0.15, 0.2) is 0 Å². The van der Waals surface area contributed by atoms with E-state index in [0.717, 1.165) is 6.16 Å². The van der Waals surface area contributed by atoms with Crippen molar-refractivity contribution in [1.82, 2.24) is 4.98 Å². The normalized spacial score (nSPS) is 10.9. The van der Waals surface area contributed by atoms with Crippen LogP contribution in [0, 0.1) is 0 Å². The highest BCUT2D eigenvalue weighted by Crippen LogP contribution is 2.58. The van der Waals surface area contributed by atoms with Gasteiger partial charge in [0.25, 0.3) is 0 Å². The van der Waals surface area contributed by atoms with E-state index in [1.165, 1.54) is 20.8 Å². The van der Waals surface area contributed by atoms with Gasteiger partial charge in [-0.15, -0.1) is 11.3 Å². The summed E-state index contributed by atoms with van der Waals surface area (Å²) < 4.78 is 0. The second-order valence-electron chi connectivity index (χ2n) is 5.94. The molecule has 0 spiro atoms. The number of benzene rings is 3. The summed E-state index contributed by atoms with van der Waals surface area (Å²) in [4.78, 5) is 5.66. The summed E-state index contributed by atoms with van der Waals surface area (Å²) in [6, 6.07) is 32.9. The van der Waals surface area contributed by atoms with E-state index < -0.39 is 7.26 Å². The van der Waals surface area contributed by atoms with Crippen molar-refractivity contribution >= 4 is 34.5 Å². The number of hydrogen-bond donors (Lipinski definition) is 0. The zero-order chi connectivity index (χ0) is 17.0. The van der Waals surface area contributed by atoms with Gasteiger partial charge < -0.3 is 12.4 Å². The number of aromatic nitrogens is 1. The number of hydrogen-bond acceptors (Lipinski definition) is 2. The Balaban J connectivity index is 0.00000196. The van der Waals surface area contributed by atoms with Gasteiger partial charge in [0.2, 0.25) is 0 Å². The predicted octanol–water partition coefficient (Wildman–Crippen LogP) is 1.64. The lowest BCUT2D eigenvalue weighted by atomic mass is 10.4. The molecule has 1 heterocycles. The molecule has 0 fully saturated rings. The van der Waals surface area contributed by atoms with Gasteiger partial charge in [-0.3, -0.25) is 4.98 Å². The molecule has 0 aliphatic heterocycles. The Morgan fingerprint density at radius 3 is 1.42 bits per heavy atom. The molecule has 0 radical (unpaired) electrons. The van der Waals surface area contributed by atoms with Gasteiger partial charge in [0.1, 0.15) is 29.3 Å². The van der Waals surface area contributed by atoms with E-state index in [9.17, 15) is 0 Å². The van der Waals surface area contributed by atoms with Gasteiger partial charge in [0.05, 0.1) is 10.4 Å². The summed E-state index contributed by atoms with van der Waals surface area (Å²) >= 11 is 1.75. The molecule has 130 valence electrons. The second kappa shape index (κ2) is 8.60. The molecular weight excluding hydrogens is 377 g/mol. The van der Waals surface area contributed by atoms with Gasteiger partial charge in [-0.05, 0) is 36.4 Å². The summed E-state index contributed by atoms with van der Waals surface area (Å²) in [5, 5.41) is 4.25. The van der Waals surface area contributed by atoms with E-state index in [0.29, 0.717) is 0 Å². The fourth-order valence-corrected chi connectivity index (χ4v) is 8.61. The molecular formula is C22H19ClNPS. The SMILES string of the molecule is [Cl-].c1ccc([P+](Cc2cncs2)(c2ccccc2)c2ccccc2)cc1. The first kappa shape index (κ1) is 18.8. The van der Waals surface area contributed by atoms with Crippen molar-refractivity contribution in [2.75, 3.05) is 0 Å². The third-order valence-corrected chi connectivity index (χ3v) is 9.82. The van der Waals surface area contributed by atoms with Crippen molar-refractivity contribution in [1.29, 1.82) is 0 Å². The summed E-state index contributed by atoms with van der Waals surface area (Å²) in [6.45, 7) is 0. The molecule has 0 atom stereocenters. The van der Waals surface area contributed by atoms with Crippen molar-refractivity contribution in [3.05, 3.63) is 108 Å². The Hall–Kier alpha value is -1.99. The lowest BCUT2D eigenvalue weighted by Gasteiger charge is -2.27. The number of rotatable bonds is 5. The summed E-state index contributed by atoms with van der Waals surface area (Å²) in [7, 11) is -1.77. The molecule has 0 amide bonds. The lowest BCUT2D eigenvalue weighted by molar-refractivity contribution is -0.00000481. The summed E-state index contributed by atoms with van der Waals surface area (Å²) in [6.07, 6.45) is 3.03. The Bertz CT molecular complexity index is 816. The van der Waals surface area contributed by atoms with E-state index in [4.69, 9.17) is 0 Å². The molecule has 1 aromatic heterocycles. The van der Waals surface area contributed by atoms with Gasteiger partial charge >= 0.3 is 0 Å². The highest BCUT2D eigenvalue weighted by Gasteiger charge is 2.45. The number of halogens is 1. The van der Waals surface area contributed by atoms with Crippen LogP contribution in [0.1, 0.15) is 4.88 Å². The maximum absolute atomic E-state index is 4.32. The average molecular weight is 396 g/mol. The van der Waals surface area contributed by atoms with Crippen molar-refractivity contribution in [2.24, 2.45) is 0 Å². The smallest absolute Gasteiger partial charge is 0.117 e. The molecule has 4 aromatic rings. The minimum Gasteiger partial charge on any atom is -1.00 e. The summed E-state index contributed by atoms with van der Waals surface area (Å²) in [5.74, 6) is 0. The van der Waals surface area contributed by atoms with Crippen molar-refractivity contribution in [2.45, 2.75) is 6.16 Å². The van der Waals surface area contributed by atoms with E-state index in [1.807, 2.05) is 11.7 Å². The molecule has 0 aliphatic rings. The van der Waals surface area contributed by atoms with Crippen LogP contribution in [-0.4, -0.2) is 4.98 Å². The molecule has 4 heteroatoms. The Labute approximate surface area is 165 Å². The van der Waals surface area contributed by atoms with E-state index in [-0.39, 0.29) is 12.4 Å². The van der Waals surface area contributed by atoms with Crippen LogP contribution in [0.25, 0.3) is 0 Å². The first-order chi connectivity index (χ1) is 12.4. The van der Waals surface area contributed by atoms with Crippen LogP contribution < -0.4 is 28.3 Å². The van der Waals surface area contributed by atoms with Crippen LogP contribution in [-0.2, 0) is 6.16 Å². The minimum atomic E-state index is -1.77. The predicted molar refractivity (Wildman–Crippen MR) is 111 cm³/mol. The molecule has 0 unspecified atom stereocenters. The van der Waals surface area contributed by atoms with E-state index in [2.05, 4.69) is 96.0 Å². The van der Waals surface area contributed by atoms with Crippen LogP contribution in [0.4, 0.5) is 0 Å². The fourth-order valence-electron chi connectivity index (χ4n) is 3.32. The van der Waals surface area contributed by atoms with E-state index in [1.54, 1.807) is 11.3 Å². The first-order valence-electron chi connectivity index (χ1n) is 8.32. The lowest BCUT2D eigenvalue weighted by Crippen LogP contribution is -3.00. The van der Waals surface area contributed by atoms with Gasteiger partial charge in [-0.2, -0.15) is 0 Å². The Morgan fingerprint density at radius 2 is 1.08 bits per heavy atom. The standard InChI is InChI=1S/C22H19NPS.ClH/c1-4-10-19(11-5-1)24(17-22-16-23-18-25-22,20-12-6-2-7-13-20)21-14-8-3-9-15-21;/h1-16,18H,17H2;1H/q+1;/p-1. The highest BCUT2D eigenvalue weighted by molar-refractivity contribution is 7.95. The largest absolute Gasteiger partial charge is 1.00 e. The highest BCUT2D eigenvalue weighted by atomic mass is 35.5. The maximum atomic E-state index is 4.32. The Kier molecular flexibility index (Phi) is 6.21. The van der Waals surface area contributed by atoms with Gasteiger partial charge in [-0.1, -0.05) is 54.6 Å². The molecule has 0 aliphatic carbocycles. The van der Waals surface area contributed by atoms with Gasteiger partial charge in [-0.25, -0.2) is 0 Å². The number of thiazole rings is 1. The first-order valence-corrected chi connectivity index (χ1v) is 11.2. The fraction of sp³-hybridized carbons (Fsp3) is 0.0455. The van der Waals surface area contributed by atoms with Crippen molar-refractivity contribution in [3.8, 4) is 0 Å². The third-order valence-electron chi connectivity index (χ3n) is 4.47. The molecule has 0 saturated heterocycles. The zero-order valence-corrected chi connectivity index (χ0v) is 16.7. The van der Waals surface area contributed by atoms with Crippen LogP contribution in [0.2, 0.25) is 0 Å². The molecule has 26 heavy (non-hydrogen) atoms. The topological polar surface area (TPSA) is 12.9 Å². The zero-order valence-electron chi connectivity index (χ0n) is 14.2. The van der Waals surface area contributed by atoms with Crippen LogP contribution in [0.15, 0.2) is 103 Å². The molecule has 0 N–H and O–H groups in total. The third kappa shape index (κ3) is 3.59. The number of nitrogens with zero attached hydrogens (tertiary/aromatic N) is 1. The van der Waals surface area contributed by atoms with Crippen LogP contribution >= 0.6 is 18.6 Å². The Morgan fingerprint density at radius 1 is 0.654 bits per heavy atom. The molecule has 0 bridgehead atoms. The van der Waals surface area contributed by atoms with Gasteiger partial charge in [0, 0.05) is 6.20 Å². The summed E-state index contributed by atoms with van der Waals surface area (Å²) in [5.41, 5.74) is 1.94.